The number of nitrogens with zero attached hydrogens (tertiary/aromatic N) is 1. The number of methoxy groups -OCH3 is 1. The van der Waals surface area contributed by atoms with E-state index in [-0.39, 0.29) is 0 Å². The summed E-state index contributed by atoms with van der Waals surface area (Å²) in [6.07, 6.45) is 0.734. The summed E-state index contributed by atoms with van der Waals surface area (Å²) in [5.41, 5.74) is 13.2. The first-order chi connectivity index (χ1) is 9.04. The van der Waals surface area contributed by atoms with E-state index in [4.69, 9.17) is 16.2 Å². The van der Waals surface area contributed by atoms with E-state index in [0.29, 0.717) is 17.0 Å². The molecule has 0 spiro atoms. The Morgan fingerprint density at radius 1 is 1.32 bits per heavy atom. The first-order valence-corrected chi connectivity index (χ1v) is 6.52. The van der Waals surface area contributed by atoms with Gasteiger partial charge >= 0.3 is 0 Å². The molecule has 0 saturated carbocycles. The Morgan fingerprint density at radius 3 is 2.42 bits per heavy atom. The lowest BCUT2D eigenvalue weighted by Gasteiger charge is -2.20. The van der Waals surface area contributed by atoms with Crippen LogP contribution in [-0.4, -0.2) is 37.6 Å². The monoisotopic (exact) mass is 265 g/mol. The van der Waals surface area contributed by atoms with Crippen molar-refractivity contribution in [3.63, 3.8) is 0 Å². The molecule has 1 aromatic carbocycles. The van der Waals surface area contributed by atoms with E-state index in [2.05, 4.69) is 18.7 Å². The summed E-state index contributed by atoms with van der Waals surface area (Å²) in [6.45, 7) is 7.06. The van der Waals surface area contributed by atoms with E-state index in [9.17, 15) is 4.79 Å². The average molecular weight is 265 g/mol. The quantitative estimate of drug-likeness (QED) is 0.727. The first-order valence-electron chi connectivity index (χ1n) is 6.52. The molecule has 5 nitrogen and oxygen atoms in total. The number of hydrogen-bond acceptors (Lipinski definition) is 4. The van der Waals surface area contributed by atoms with E-state index in [1.807, 2.05) is 0 Å². The number of carbonyl (C=O) groups is 1. The number of anilines is 1. The second kappa shape index (κ2) is 6.99. The zero-order chi connectivity index (χ0) is 14.4. The van der Waals surface area contributed by atoms with Gasteiger partial charge < -0.3 is 21.1 Å². The topological polar surface area (TPSA) is 81.6 Å². The number of nitrogen functional groups attached to an aromatic ring is 1. The molecule has 0 fully saturated rings. The average Bonchev–Trinajstić information content (AvgIpc) is 2.40. The lowest BCUT2D eigenvalue weighted by atomic mass is 10.0. The summed E-state index contributed by atoms with van der Waals surface area (Å²) in [4.78, 5) is 13.7. The smallest absolute Gasteiger partial charge is 0.252 e. The van der Waals surface area contributed by atoms with Gasteiger partial charge in [-0.1, -0.05) is 13.8 Å². The van der Waals surface area contributed by atoms with Crippen molar-refractivity contribution in [3.05, 3.63) is 23.3 Å². The predicted octanol–water partition coefficient (Wildman–Crippen LogP) is 1.26. The van der Waals surface area contributed by atoms with Gasteiger partial charge in [0.25, 0.3) is 5.91 Å². The third kappa shape index (κ3) is 3.61. The van der Waals surface area contributed by atoms with E-state index in [0.717, 1.165) is 31.6 Å². The van der Waals surface area contributed by atoms with Gasteiger partial charge in [0.2, 0.25) is 0 Å². The van der Waals surface area contributed by atoms with Crippen LogP contribution in [0.2, 0.25) is 0 Å². The van der Waals surface area contributed by atoms with Crippen molar-refractivity contribution in [1.82, 2.24) is 4.90 Å². The fraction of sp³-hybridized carbons (Fsp3) is 0.500. The van der Waals surface area contributed by atoms with E-state index in [1.165, 1.54) is 7.11 Å². The fourth-order valence-corrected chi connectivity index (χ4v) is 2.14. The van der Waals surface area contributed by atoms with E-state index < -0.39 is 5.91 Å². The molecule has 0 aliphatic heterocycles. The fourth-order valence-electron chi connectivity index (χ4n) is 2.14. The molecule has 0 aliphatic rings. The second-order valence-corrected chi connectivity index (χ2v) is 4.36. The summed E-state index contributed by atoms with van der Waals surface area (Å²) >= 11 is 0. The molecular weight excluding hydrogens is 242 g/mol. The maximum Gasteiger partial charge on any atom is 0.252 e. The summed E-state index contributed by atoms with van der Waals surface area (Å²) in [5.74, 6) is 0.000551. The Hall–Kier alpha value is -1.75. The van der Waals surface area contributed by atoms with Crippen LogP contribution >= 0.6 is 0 Å². The van der Waals surface area contributed by atoms with Crippen LogP contribution < -0.4 is 16.2 Å². The molecule has 19 heavy (non-hydrogen) atoms. The van der Waals surface area contributed by atoms with Crippen molar-refractivity contribution in [2.45, 2.75) is 20.3 Å². The molecule has 5 heteroatoms. The van der Waals surface area contributed by atoms with Crippen molar-refractivity contribution >= 4 is 11.6 Å². The number of ether oxygens (including phenoxy) is 1. The molecule has 0 aromatic heterocycles. The summed E-state index contributed by atoms with van der Waals surface area (Å²) in [7, 11) is 1.53. The lowest BCUT2D eigenvalue weighted by Crippen LogP contribution is -2.26. The third-order valence-corrected chi connectivity index (χ3v) is 3.34. The highest BCUT2D eigenvalue weighted by molar-refractivity contribution is 5.96. The molecule has 0 radical (unpaired) electrons. The minimum atomic E-state index is -0.499. The third-order valence-electron chi connectivity index (χ3n) is 3.34. The van der Waals surface area contributed by atoms with Crippen LogP contribution in [0, 0.1) is 0 Å². The molecule has 0 atom stereocenters. The molecule has 0 bridgehead atoms. The second-order valence-electron chi connectivity index (χ2n) is 4.36. The van der Waals surface area contributed by atoms with Crippen LogP contribution in [0.25, 0.3) is 0 Å². The molecule has 1 aromatic rings. The highest BCUT2D eigenvalue weighted by Crippen LogP contribution is 2.29. The number of rotatable bonds is 7. The predicted molar refractivity (Wildman–Crippen MR) is 77.4 cm³/mol. The van der Waals surface area contributed by atoms with Crippen LogP contribution in [0.4, 0.5) is 5.69 Å². The molecule has 0 saturated heterocycles. The van der Waals surface area contributed by atoms with Gasteiger partial charge in [-0.25, -0.2) is 0 Å². The van der Waals surface area contributed by atoms with Crippen molar-refractivity contribution in [1.29, 1.82) is 0 Å². The SMILES string of the molecule is CCN(CC)CCc1c(N)ccc(C(N)=O)c1OC. The highest BCUT2D eigenvalue weighted by atomic mass is 16.5. The van der Waals surface area contributed by atoms with Gasteiger partial charge in [0, 0.05) is 17.8 Å². The first kappa shape index (κ1) is 15.3. The Kier molecular flexibility index (Phi) is 5.63. The Balaban J connectivity index is 3.04. The van der Waals surface area contributed by atoms with Crippen LogP contribution in [-0.2, 0) is 6.42 Å². The molecule has 0 aliphatic carbocycles. The minimum absolute atomic E-state index is 0.381. The summed E-state index contributed by atoms with van der Waals surface area (Å²) in [6, 6.07) is 3.32. The van der Waals surface area contributed by atoms with Crippen LogP contribution in [0.5, 0.6) is 5.75 Å². The van der Waals surface area contributed by atoms with Crippen molar-refractivity contribution in [3.8, 4) is 5.75 Å². The molecule has 1 amide bonds. The molecule has 0 unspecified atom stereocenters. The number of nitrogens with two attached hydrogens (primary N) is 2. The van der Waals surface area contributed by atoms with Crippen molar-refractivity contribution in [2.24, 2.45) is 5.73 Å². The zero-order valence-electron chi connectivity index (χ0n) is 11.9. The molecule has 4 N–H and O–H groups in total. The number of likely N-dealkylation sites (N-methyl/N-ethyl adjacent to an activating group) is 1. The summed E-state index contributed by atoms with van der Waals surface area (Å²) in [5, 5.41) is 0. The van der Waals surface area contributed by atoms with Gasteiger partial charge in [0.05, 0.1) is 12.7 Å². The Bertz CT molecular complexity index is 443. The Morgan fingerprint density at radius 2 is 1.95 bits per heavy atom. The van der Waals surface area contributed by atoms with Gasteiger partial charge in [-0.15, -0.1) is 0 Å². The number of carbonyl (C=O) groups excluding carboxylic acids is 1. The van der Waals surface area contributed by atoms with Crippen molar-refractivity contribution in [2.75, 3.05) is 32.5 Å². The van der Waals surface area contributed by atoms with Gasteiger partial charge in [0.15, 0.2) is 0 Å². The zero-order valence-corrected chi connectivity index (χ0v) is 11.9. The standard InChI is InChI=1S/C14H23N3O2/c1-4-17(5-2)9-8-10-12(15)7-6-11(14(16)18)13(10)19-3/h6-7H,4-5,8-9,15H2,1-3H3,(H2,16,18). The van der Waals surface area contributed by atoms with Crippen LogP contribution in [0.15, 0.2) is 12.1 Å². The molecule has 0 heterocycles. The molecular formula is C14H23N3O2. The van der Waals surface area contributed by atoms with Crippen LogP contribution in [0.1, 0.15) is 29.8 Å². The maximum atomic E-state index is 11.4. The minimum Gasteiger partial charge on any atom is -0.496 e. The van der Waals surface area contributed by atoms with Gasteiger partial charge in [0.1, 0.15) is 5.75 Å². The number of amides is 1. The van der Waals surface area contributed by atoms with Crippen molar-refractivity contribution < 1.29 is 9.53 Å². The largest absolute Gasteiger partial charge is 0.496 e. The van der Waals surface area contributed by atoms with Gasteiger partial charge in [-0.3, -0.25) is 4.79 Å². The number of hydrogen-bond donors (Lipinski definition) is 2. The Labute approximate surface area is 114 Å². The van der Waals surface area contributed by atoms with E-state index >= 15 is 0 Å². The van der Waals surface area contributed by atoms with Gasteiger partial charge in [-0.05, 0) is 31.6 Å². The van der Waals surface area contributed by atoms with Gasteiger partial charge in [-0.2, -0.15) is 0 Å². The summed E-state index contributed by atoms with van der Waals surface area (Å²) < 4.78 is 5.32. The normalized spacial score (nSPS) is 10.7. The molecule has 106 valence electrons. The lowest BCUT2D eigenvalue weighted by molar-refractivity contribution is 0.0997. The molecule has 1 rings (SSSR count). The van der Waals surface area contributed by atoms with E-state index in [1.54, 1.807) is 12.1 Å². The number of primary amides is 1. The highest BCUT2D eigenvalue weighted by Gasteiger charge is 2.16. The number of benzene rings is 1. The maximum absolute atomic E-state index is 11.4. The van der Waals surface area contributed by atoms with Crippen LogP contribution in [0.3, 0.4) is 0 Å².